The predicted octanol–water partition coefficient (Wildman–Crippen LogP) is 2.34. The highest BCUT2D eigenvalue weighted by atomic mass is 16.2. The van der Waals surface area contributed by atoms with Crippen LogP contribution < -0.4 is 0 Å². The molecule has 0 aliphatic carbocycles. The first-order valence-corrected chi connectivity index (χ1v) is 7.33. The quantitative estimate of drug-likeness (QED) is 0.773. The van der Waals surface area contributed by atoms with Crippen LogP contribution in [0, 0.1) is 17.2 Å². The molecule has 0 N–H and O–H groups in total. The molecule has 1 aromatic rings. The normalized spacial score (nSPS) is 12.2. The number of amides is 1. The highest BCUT2D eigenvalue weighted by molar-refractivity contribution is 5.86. The van der Waals surface area contributed by atoms with Crippen molar-refractivity contribution in [3.8, 4) is 6.07 Å². The van der Waals surface area contributed by atoms with E-state index in [4.69, 9.17) is 0 Å². The number of rotatable bonds is 7. The van der Waals surface area contributed by atoms with Crippen molar-refractivity contribution in [3.05, 3.63) is 35.9 Å². The number of hydrogen-bond donors (Lipinski definition) is 0. The zero-order valence-electron chi connectivity index (χ0n) is 13.4. The molecule has 114 valence electrons. The van der Waals surface area contributed by atoms with Gasteiger partial charge in [-0.3, -0.25) is 4.79 Å². The van der Waals surface area contributed by atoms with Crippen molar-refractivity contribution in [1.82, 2.24) is 9.80 Å². The molecule has 4 heteroatoms. The second-order valence-corrected chi connectivity index (χ2v) is 5.95. The van der Waals surface area contributed by atoms with Gasteiger partial charge in [0.05, 0.1) is 6.07 Å². The van der Waals surface area contributed by atoms with Gasteiger partial charge in [0.15, 0.2) is 0 Å². The molecular formula is C17H25N3O. The summed E-state index contributed by atoms with van der Waals surface area (Å²) in [5.74, 6) is -0.433. The topological polar surface area (TPSA) is 47.3 Å². The zero-order valence-corrected chi connectivity index (χ0v) is 13.4. The first-order valence-electron chi connectivity index (χ1n) is 7.33. The van der Waals surface area contributed by atoms with Gasteiger partial charge in [-0.15, -0.1) is 0 Å². The van der Waals surface area contributed by atoms with Gasteiger partial charge in [0.1, 0.15) is 5.92 Å². The largest absolute Gasteiger partial charge is 0.340 e. The minimum Gasteiger partial charge on any atom is -0.340 e. The molecule has 0 aliphatic heterocycles. The van der Waals surface area contributed by atoms with Gasteiger partial charge in [0, 0.05) is 19.6 Å². The summed E-state index contributed by atoms with van der Waals surface area (Å²) in [6.07, 6.45) is 0. The average molecular weight is 287 g/mol. The van der Waals surface area contributed by atoms with Crippen molar-refractivity contribution in [1.29, 1.82) is 5.26 Å². The minimum absolute atomic E-state index is 0.0979. The highest BCUT2D eigenvalue weighted by Gasteiger charge is 2.26. The Bertz CT molecular complexity index is 477. The molecule has 1 unspecified atom stereocenters. The Morgan fingerprint density at radius 2 is 1.81 bits per heavy atom. The molecule has 0 radical (unpaired) electrons. The second kappa shape index (κ2) is 8.43. The third-order valence-electron chi connectivity index (χ3n) is 3.22. The molecular weight excluding hydrogens is 262 g/mol. The van der Waals surface area contributed by atoms with Crippen LogP contribution in [-0.4, -0.2) is 49.4 Å². The lowest BCUT2D eigenvalue weighted by Crippen LogP contribution is -2.41. The molecule has 1 amide bonds. The van der Waals surface area contributed by atoms with Crippen molar-refractivity contribution in [2.45, 2.75) is 19.8 Å². The Morgan fingerprint density at radius 1 is 1.19 bits per heavy atom. The van der Waals surface area contributed by atoms with Gasteiger partial charge in [0.2, 0.25) is 5.91 Å². The van der Waals surface area contributed by atoms with E-state index in [9.17, 15) is 10.1 Å². The molecule has 0 saturated heterocycles. The fourth-order valence-corrected chi connectivity index (χ4v) is 2.15. The van der Waals surface area contributed by atoms with E-state index in [0.717, 1.165) is 12.1 Å². The van der Waals surface area contributed by atoms with Crippen LogP contribution in [0.2, 0.25) is 0 Å². The van der Waals surface area contributed by atoms with Crippen molar-refractivity contribution in [2.75, 3.05) is 33.7 Å². The van der Waals surface area contributed by atoms with E-state index in [1.165, 1.54) is 0 Å². The molecule has 0 spiro atoms. The monoisotopic (exact) mass is 287 g/mol. The van der Waals surface area contributed by atoms with Gasteiger partial charge in [0.25, 0.3) is 0 Å². The number of hydrogen-bond acceptors (Lipinski definition) is 3. The molecule has 1 atom stereocenters. The molecule has 0 bridgehead atoms. The van der Waals surface area contributed by atoms with E-state index >= 15 is 0 Å². The lowest BCUT2D eigenvalue weighted by Gasteiger charge is -2.28. The minimum atomic E-state index is -0.716. The Kier molecular flexibility index (Phi) is 6.90. The van der Waals surface area contributed by atoms with Crippen LogP contribution in [0.1, 0.15) is 25.3 Å². The van der Waals surface area contributed by atoms with Crippen molar-refractivity contribution in [2.24, 2.45) is 5.92 Å². The molecule has 0 aromatic heterocycles. The van der Waals surface area contributed by atoms with Crippen molar-refractivity contribution < 1.29 is 4.79 Å². The smallest absolute Gasteiger partial charge is 0.244 e. The van der Waals surface area contributed by atoms with Gasteiger partial charge in [-0.2, -0.15) is 5.26 Å². The summed E-state index contributed by atoms with van der Waals surface area (Å²) >= 11 is 0. The molecule has 1 rings (SSSR count). The molecule has 0 aliphatic rings. The van der Waals surface area contributed by atoms with Crippen LogP contribution in [0.25, 0.3) is 0 Å². The third kappa shape index (κ3) is 5.57. The number of nitriles is 1. The Morgan fingerprint density at radius 3 is 2.29 bits per heavy atom. The predicted molar refractivity (Wildman–Crippen MR) is 84.8 cm³/mol. The van der Waals surface area contributed by atoms with Crippen LogP contribution in [-0.2, 0) is 4.79 Å². The molecule has 0 fully saturated rings. The van der Waals surface area contributed by atoms with Crippen LogP contribution in [0.5, 0.6) is 0 Å². The van der Waals surface area contributed by atoms with Crippen LogP contribution >= 0.6 is 0 Å². The third-order valence-corrected chi connectivity index (χ3v) is 3.22. The first kappa shape index (κ1) is 17.2. The lowest BCUT2D eigenvalue weighted by molar-refractivity contribution is -0.132. The first-order chi connectivity index (χ1) is 9.95. The van der Waals surface area contributed by atoms with Gasteiger partial charge in [-0.05, 0) is 25.6 Å². The number of likely N-dealkylation sites (N-methyl/N-ethyl adjacent to an activating group) is 1. The maximum absolute atomic E-state index is 12.7. The fourth-order valence-electron chi connectivity index (χ4n) is 2.15. The SMILES string of the molecule is CC(C)CN(CCN(C)C)C(=O)C(C#N)c1ccccc1. The van der Waals surface area contributed by atoms with E-state index in [0.29, 0.717) is 19.0 Å². The average Bonchev–Trinajstić information content (AvgIpc) is 2.44. The summed E-state index contributed by atoms with van der Waals surface area (Å²) < 4.78 is 0. The number of carbonyl (C=O) groups is 1. The van der Waals surface area contributed by atoms with Crippen LogP contribution in [0.4, 0.5) is 0 Å². The summed E-state index contributed by atoms with van der Waals surface area (Å²) in [5.41, 5.74) is 0.767. The maximum atomic E-state index is 12.7. The zero-order chi connectivity index (χ0) is 15.8. The van der Waals surface area contributed by atoms with E-state index < -0.39 is 5.92 Å². The molecule has 21 heavy (non-hydrogen) atoms. The van der Waals surface area contributed by atoms with E-state index in [1.54, 1.807) is 0 Å². The Labute approximate surface area is 128 Å². The molecule has 1 aromatic carbocycles. The number of nitrogens with zero attached hydrogens (tertiary/aromatic N) is 3. The van der Waals surface area contributed by atoms with Gasteiger partial charge in [-0.1, -0.05) is 44.2 Å². The number of benzene rings is 1. The summed E-state index contributed by atoms with van der Waals surface area (Å²) in [6, 6.07) is 11.4. The summed E-state index contributed by atoms with van der Waals surface area (Å²) in [6.45, 7) is 6.29. The van der Waals surface area contributed by atoms with Crippen molar-refractivity contribution in [3.63, 3.8) is 0 Å². The lowest BCUT2D eigenvalue weighted by atomic mass is 9.98. The summed E-state index contributed by atoms with van der Waals surface area (Å²) in [5, 5.41) is 9.40. The molecule has 0 saturated carbocycles. The van der Waals surface area contributed by atoms with Gasteiger partial charge >= 0.3 is 0 Å². The second-order valence-electron chi connectivity index (χ2n) is 5.95. The maximum Gasteiger partial charge on any atom is 0.244 e. The van der Waals surface area contributed by atoms with Gasteiger partial charge in [-0.25, -0.2) is 0 Å². The van der Waals surface area contributed by atoms with E-state index in [1.807, 2.05) is 54.2 Å². The summed E-state index contributed by atoms with van der Waals surface area (Å²) in [7, 11) is 3.97. The van der Waals surface area contributed by atoms with Crippen molar-refractivity contribution >= 4 is 5.91 Å². The fraction of sp³-hybridized carbons (Fsp3) is 0.529. The summed E-state index contributed by atoms with van der Waals surface area (Å²) in [4.78, 5) is 16.6. The van der Waals surface area contributed by atoms with E-state index in [-0.39, 0.29) is 5.91 Å². The van der Waals surface area contributed by atoms with Crippen LogP contribution in [0.15, 0.2) is 30.3 Å². The molecule has 4 nitrogen and oxygen atoms in total. The van der Waals surface area contributed by atoms with E-state index in [2.05, 4.69) is 19.9 Å². The Hall–Kier alpha value is -1.86. The van der Waals surface area contributed by atoms with Crippen LogP contribution in [0.3, 0.4) is 0 Å². The molecule has 0 heterocycles. The Balaban J connectivity index is 2.89. The van der Waals surface area contributed by atoms with Gasteiger partial charge < -0.3 is 9.80 Å². The standard InChI is InChI=1S/C17H25N3O/c1-14(2)13-20(11-10-19(3)4)17(21)16(12-18)15-8-6-5-7-9-15/h5-9,14,16H,10-11,13H2,1-4H3. The number of carbonyl (C=O) groups excluding carboxylic acids is 1. The highest BCUT2D eigenvalue weighted by Crippen LogP contribution is 2.18.